The molecule has 3 aromatic carbocycles. The van der Waals surface area contributed by atoms with E-state index in [4.69, 9.17) is 9.90 Å². The number of aromatic carboxylic acids is 1. The Labute approximate surface area is 239 Å². The Bertz CT molecular complexity index is 1670. The summed E-state index contributed by atoms with van der Waals surface area (Å²) in [6.45, 7) is 3.99. The predicted octanol–water partition coefficient (Wildman–Crippen LogP) is 7.08. The third-order valence-corrected chi connectivity index (χ3v) is 6.80. The smallest absolute Gasteiger partial charge is 0.478 e. The van der Waals surface area contributed by atoms with Crippen LogP contribution < -0.4 is 0 Å². The number of carbonyl (C=O) groups is 2. The van der Waals surface area contributed by atoms with Gasteiger partial charge in [-0.25, -0.2) is 32.1 Å². The molecule has 0 amide bonds. The number of hydrogen-bond acceptors (Lipinski definition) is 4. The summed E-state index contributed by atoms with van der Waals surface area (Å²) < 4.78 is 93.0. The van der Waals surface area contributed by atoms with Gasteiger partial charge < -0.3 is 15.2 Å². The molecule has 1 aliphatic heterocycles. The quantitative estimate of drug-likeness (QED) is 0.165. The number of piperidine rings is 1. The number of nitrogens with one attached hydrogen (secondary N) is 1. The van der Waals surface area contributed by atoms with Crippen LogP contribution in [0.1, 0.15) is 41.0 Å². The number of imidazole rings is 1. The van der Waals surface area contributed by atoms with E-state index < -0.39 is 52.5 Å². The number of aromatic amines is 1. The van der Waals surface area contributed by atoms with Crippen molar-refractivity contribution < 1.29 is 50.5 Å². The van der Waals surface area contributed by atoms with Crippen molar-refractivity contribution in [1.29, 1.82) is 0 Å². The molecule has 7 nitrogen and oxygen atoms in total. The molecule has 0 atom stereocenters. The van der Waals surface area contributed by atoms with Gasteiger partial charge in [-0.2, -0.15) is 13.2 Å². The molecule has 228 valence electrons. The fraction of sp³-hybridized carbons (Fsp3) is 0.276. The van der Waals surface area contributed by atoms with Crippen molar-refractivity contribution in [3.8, 4) is 22.3 Å². The van der Waals surface area contributed by atoms with Crippen molar-refractivity contribution in [3.63, 3.8) is 0 Å². The second-order valence-corrected chi connectivity index (χ2v) is 9.89. The number of halogens is 7. The fourth-order valence-corrected chi connectivity index (χ4v) is 4.89. The minimum absolute atomic E-state index is 0.0229. The molecule has 4 aromatic rings. The third-order valence-electron chi connectivity index (χ3n) is 6.80. The summed E-state index contributed by atoms with van der Waals surface area (Å²) in [5.41, 5.74) is -1.38. The molecule has 5 rings (SSSR count). The number of nitrogens with zero attached hydrogens (tertiary/aromatic N) is 2. The number of hydrogen-bond donors (Lipinski definition) is 3. The Kier molecular flexibility index (Phi) is 9.09. The van der Waals surface area contributed by atoms with Gasteiger partial charge in [0.1, 0.15) is 11.3 Å². The fourth-order valence-electron chi connectivity index (χ4n) is 4.89. The van der Waals surface area contributed by atoms with Gasteiger partial charge in [-0.3, -0.25) is 4.90 Å². The molecule has 1 aromatic heterocycles. The first-order valence-electron chi connectivity index (χ1n) is 12.9. The van der Waals surface area contributed by atoms with Crippen molar-refractivity contribution in [2.24, 2.45) is 0 Å². The molecule has 1 aliphatic rings. The molecule has 0 aliphatic carbocycles. The summed E-state index contributed by atoms with van der Waals surface area (Å²) in [4.78, 5) is 29.7. The molecule has 14 heteroatoms. The van der Waals surface area contributed by atoms with E-state index in [-0.39, 0.29) is 27.7 Å². The highest BCUT2D eigenvalue weighted by atomic mass is 19.4. The SMILES string of the molecule is Cc1nc2c(C(=O)O)cc(-c3c(F)c(F)c(-c4cccc(CN5CCCCC5)c4)c(F)c3F)cc2[nH]1.O=C(O)C(F)(F)F. The molecule has 0 radical (unpaired) electrons. The molecule has 2 heterocycles. The Hall–Kier alpha value is -4.46. The van der Waals surface area contributed by atoms with Crippen LogP contribution in [0.5, 0.6) is 0 Å². The highest BCUT2D eigenvalue weighted by Crippen LogP contribution is 2.38. The Morgan fingerprint density at radius 1 is 0.884 bits per heavy atom. The van der Waals surface area contributed by atoms with Crippen LogP contribution >= 0.6 is 0 Å². The van der Waals surface area contributed by atoms with Crippen LogP contribution in [0.25, 0.3) is 33.3 Å². The lowest BCUT2D eigenvalue weighted by atomic mass is 9.95. The number of aliphatic carboxylic acids is 1. The summed E-state index contributed by atoms with van der Waals surface area (Å²) in [5.74, 6) is -10.1. The number of rotatable bonds is 5. The van der Waals surface area contributed by atoms with Crippen LogP contribution in [0.3, 0.4) is 0 Å². The zero-order valence-electron chi connectivity index (χ0n) is 22.5. The maximum atomic E-state index is 15.3. The zero-order chi connectivity index (χ0) is 31.6. The van der Waals surface area contributed by atoms with E-state index in [0.29, 0.717) is 12.4 Å². The normalized spacial score (nSPS) is 14.0. The van der Waals surface area contributed by atoms with Gasteiger partial charge in [0.25, 0.3) is 0 Å². The average Bonchev–Trinajstić information content (AvgIpc) is 3.32. The first kappa shape index (κ1) is 31.5. The minimum atomic E-state index is -5.08. The van der Waals surface area contributed by atoms with Crippen LogP contribution in [-0.2, 0) is 11.3 Å². The van der Waals surface area contributed by atoms with E-state index in [0.717, 1.165) is 37.6 Å². The van der Waals surface area contributed by atoms with Crippen LogP contribution in [0.2, 0.25) is 0 Å². The lowest BCUT2D eigenvalue weighted by Crippen LogP contribution is -2.29. The highest BCUT2D eigenvalue weighted by Gasteiger charge is 2.38. The molecule has 0 saturated carbocycles. The van der Waals surface area contributed by atoms with E-state index in [1.165, 1.54) is 24.6 Å². The highest BCUT2D eigenvalue weighted by molar-refractivity contribution is 6.03. The first-order valence-corrected chi connectivity index (χ1v) is 12.9. The molecular weight excluding hydrogens is 587 g/mol. The largest absolute Gasteiger partial charge is 0.490 e. The monoisotopic (exact) mass is 611 g/mol. The van der Waals surface area contributed by atoms with Gasteiger partial charge in [0.2, 0.25) is 0 Å². The number of benzene rings is 3. The number of carboxylic acids is 2. The number of likely N-dealkylation sites (tertiary alicyclic amines) is 1. The van der Waals surface area contributed by atoms with Crippen molar-refractivity contribution in [2.75, 3.05) is 13.1 Å². The van der Waals surface area contributed by atoms with E-state index in [1.807, 2.05) is 6.07 Å². The van der Waals surface area contributed by atoms with Gasteiger partial charge in [0.15, 0.2) is 23.3 Å². The topological polar surface area (TPSA) is 107 Å². The van der Waals surface area contributed by atoms with Gasteiger partial charge in [0.05, 0.1) is 22.2 Å². The molecule has 0 bridgehead atoms. The van der Waals surface area contributed by atoms with E-state index >= 15 is 17.6 Å². The van der Waals surface area contributed by atoms with Crippen LogP contribution in [0.4, 0.5) is 30.7 Å². The second kappa shape index (κ2) is 12.4. The average molecular weight is 612 g/mol. The predicted molar refractivity (Wildman–Crippen MR) is 141 cm³/mol. The Morgan fingerprint density at radius 2 is 1.44 bits per heavy atom. The lowest BCUT2D eigenvalue weighted by molar-refractivity contribution is -0.192. The number of aromatic nitrogens is 2. The standard InChI is InChI=1S/C27H23F4N3O2.C2HF3O2/c1-14-32-19-12-17(11-18(27(35)36)26(19)33-14)21-24(30)22(28)20(23(29)25(21)31)16-7-5-6-15(10-16)13-34-8-3-2-4-9-34;3-2(4,5)1(6)7/h5-7,10-12H,2-4,8-9,13H2,1H3,(H,32,33)(H,35,36);(H,6,7). The molecule has 0 spiro atoms. The summed E-state index contributed by atoms with van der Waals surface area (Å²) in [6.07, 6.45) is -1.76. The molecule has 1 saturated heterocycles. The van der Waals surface area contributed by atoms with Gasteiger partial charge in [0, 0.05) is 6.54 Å². The number of aryl methyl sites for hydroxylation is 1. The molecule has 3 N–H and O–H groups in total. The van der Waals surface area contributed by atoms with Gasteiger partial charge in [-0.05, 0) is 67.7 Å². The van der Waals surface area contributed by atoms with Crippen LogP contribution in [0, 0.1) is 30.2 Å². The van der Waals surface area contributed by atoms with Gasteiger partial charge in [-0.1, -0.05) is 24.6 Å². The van der Waals surface area contributed by atoms with E-state index in [2.05, 4.69) is 14.9 Å². The van der Waals surface area contributed by atoms with E-state index in [1.54, 1.807) is 13.0 Å². The summed E-state index contributed by atoms with van der Waals surface area (Å²) in [7, 11) is 0. The summed E-state index contributed by atoms with van der Waals surface area (Å²) in [5, 5.41) is 16.7. The van der Waals surface area contributed by atoms with Crippen molar-refractivity contribution in [1.82, 2.24) is 14.9 Å². The van der Waals surface area contributed by atoms with Crippen LogP contribution in [0.15, 0.2) is 36.4 Å². The number of alkyl halides is 3. The van der Waals surface area contributed by atoms with Gasteiger partial charge >= 0.3 is 18.1 Å². The third kappa shape index (κ3) is 6.79. The Balaban J connectivity index is 0.000000541. The Morgan fingerprint density at radius 3 is 1.98 bits per heavy atom. The number of fused-ring (bicyclic) bond motifs is 1. The molecular formula is C29H24F7N3O4. The minimum Gasteiger partial charge on any atom is -0.478 e. The van der Waals surface area contributed by atoms with E-state index in [9.17, 15) is 23.1 Å². The van der Waals surface area contributed by atoms with Crippen molar-refractivity contribution in [2.45, 2.75) is 38.9 Å². The number of H-pyrrole nitrogens is 1. The maximum absolute atomic E-state index is 15.3. The second-order valence-electron chi connectivity index (χ2n) is 9.89. The molecule has 1 fully saturated rings. The summed E-state index contributed by atoms with van der Waals surface area (Å²) in [6, 6.07) is 8.54. The summed E-state index contributed by atoms with van der Waals surface area (Å²) >= 11 is 0. The van der Waals surface area contributed by atoms with Crippen LogP contribution in [-0.4, -0.2) is 56.3 Å². The zero-order valence-corrected chi connectivity index (χ0v) is 22.5. The lowest BCUT2D eigenvalue weighted by Gasteiger charge is -2.26. The van der Waals surface area contributed by atoms with Crippen molar-refractivity contribution >= 4 is 23.0 Å². The molecule has 43 heavy (non-hydrogen) atoms. The maximum Gasteiger partial charge on any atom is 0.490 e. The molecule has 0 unspecified atom stereocenters. The first-order chi connectivity index (χ1) is 20.2. The number of carboxylic acid groups (broad SMARTS) is 2. The van der Waals surface area contributed by atoms with Crippen molar-refractivity contribution in [3.05, 3.63) is 76.6 Å². The van der Waals surface area contributed by atoms with Gasteiger partial charge in [-0.15, -0.1) is 0 Å².